The molecule has 0 aliphatic heterocycles. The standard InChI is InChI=1S/C26H33N3O11S2/c1-2-40-7-8-41-42-14-20(26(38)39)29-25(37)18(11-23(33)34)10-21(31)19(12-24(35)36)28-22(32)9-16-3-5-17(6-4-16)13-27-15-30/h2-6,15,18-20H,1,7-14H2,(H,27,30)(H,28,32)(H,29,37)(H,33,34)(H,35,36)(H,38,39)/t18-,19-,20-/m0/s1. The number of amides is 3. The number of carboxylic acid groups (broad SMARTS) is 3. The van der Waals surface area contributed by atoms with Gasteiger partial charge >= 0.3 is 17.9 Å². The number of hydrogen-bond donors (Lipinski definition) is 6. The minimum absolute atomic E-state index is 0.0696. The van der Waals surface area contributed by atoms with Gasteiger partial charge in [-0.15, -0.1) is 0 Å². The molecule has 0 heterocycles. The summed E-state index contributed by atoms with van der Waals surface area (Å²) in [6.45, 7) is 4.02. The molecule has 1 aromatic carbocycles. The summed E-state index contributed by atoms with van der Waals surface area (Å²) >= 11 is 0. The Balaban J connectivity index is 2.88. The normalized spacial score (nSPS) is 12.6. The van der Waals surface area contributed by atoms with Crippen molar-refractivity contribution < 1.29 is 53.6 Å². The van der Waals surface area contributed by atoms with Gasteiger partial charge in [-0.25, -0.2) is 4.79 Å². The van der Waals surface area contributed by atoms with E-state index in [2.05, 4.69) is 22.5 Å². The third-order valence-electron chi connectivity index (χ3n) is 5.45. The lowest BCUT2D eigenvalue weighted by atomic mass is 9.93. The van der Waals surface area contributed by atoms with E-state index >= 15 is 0 Å². The summed E-state index contributed by atoms with van der Waals surface area (Å²) < 4.78 is 4.95. The van der Waals surface area contributed by atoms with Crippen LogP contribution < -0.4 is 16.0 Å². The zero-order valence-corrected chi connectivity index (χ0v) is 24.1. The van der Waals surface area contributed by atoms with Gasteiger partial charge < -0.3 is 36.0 Å². The highest BCUT2D eigenvalue weighted by molar-refractivity contribution is 8.76. The number of benzene rings is 1. The van der Waals surface area contributed by atoms with Gasteiger partial charge in [0.1, 0.15) is 6.04 Å². The Hall–Kier alpha value is -4.05. The maximum atomic E-state index is 13.0. The van der Waals surface area contributed by atoms with Gasteiger partial charge in [-0.2, -0.15) is 0 Å². The van der Waals surface area contributed by atoms with E-state index < -0.39 is 72.8 Å². The van der Waals surface area contributed by atoms with E-state index in [1.807, 2.05) is 0 Å². The first-order valence-corrected chi connectivity index (χ1v) is 15.0. The first kappa shape index (κ1) is 36.0. The average Bonchev–Trinajstić information content (AvgIpc) is 2.92. The number of aliphatic carboxylic acids is 3. The Bertz CT molecular complexity index is 1120. The molecule has 16 heteroatoms. The summed E-state index contributed by atoms with van der Waals surface area (Å²) in [5, 5.41) is 35.1. The molecule has 230 valence electrons. The van der Waals surface area contributed by atoms with Crippen molar-refractivity contribution >= 4 is 63.5 Å². The van der Waals surface area contributed by atoms with E-state index in [4.69, 9.17) is 4.74 Å². The topological polar surface area (TPSA) is 225 Å². The molecule has 0 bridgehead atoms. The van der Waals surface area contributed by atoms with Crippen molar-refractivity contribution in [1.82, 2.24) is 16.0 Å². The fourth-order valence-corrected chi connectivity index (χ4v) is 5.44. The van der Waals surface area contributed by atoms with Gasteiger partial charge in [0.2, 0.25) is 18.2 Å². The van der Waals surface area contributed by atoms with Gasteiger partial charge in [0.15, 0.2) is 5.78 Å². The van der Waals surface area contributed by atoms with E-state index in [0.29, 0.717) is 24.3 Å². The van der Waals surface area contributed by atoms with Crippen molar-refractivity contribution in [2.24, 2.45) is 5.92 Å². The molecule has 3 atom stereocenters. The number of carboxylic acids is 3. The van der Waals surface area contributed by atoms with Crippen LogP contribution in [-0.4, -0.2) is 87.4 Å². The van der Waals surface area contributed by atoms with Crippen molar-refractivity contribution in [1.29, 1.82) is 0 Å². The maximum Gasteiger partial charge on any atom is 0.327 e. The predicted octanol–water partition coefficient (Wildman–Crippen LogP) is 0.596. The minimum atomic E-state index is -1.56. The Morgan fingerprint density at radius 2 is 1.52 bits per heavy atom. The summed E-state index contributed by atoms with van der Waals surface area (Å²) in [7, 11) is 2.42. The van der Waals surface area contributed by atoms with Crippen molar-refractivity contribution in [2.45, 2.75) is 44.3 Å². The molecule has 0 spiro atoms. The number of carbonyl (C=O) groups is 7. The smallest absolute Gasteiger partial charge is 0.327 e. The molecule has 1 aromatic rings. The zero-order valence-electron chi connectivity index (χ0n) is 22.5. The van der Waals surface area contributed by atoms with Crippen LogP contribution in [0.25, 0.3) is 0 Å². The number of Topliss-reactive ketones (excluding diaryl/α,β-unsaturated/α-hetero) is 1. The Morgan fingerprint density at radius 3 is 2.10 bits per heavy atom. The van der Waals surface area contributed by atoms with Crippen molar-refractivity contribution in [2.75, 3.05) is 18.1 Å². The molecule has 0 aromatic heterocycles. The Morgan fingerprint density at radius 1 is 0.881 bits per heavy atom. The molecular weight excluding hydrogens is 594 g/mol. The summed E-state index contributed by atoms with van der Waals surface area (Å²) in [6.07, 6.45) is -0.801. The van der Waals surface area contributed by atoms with E-state index in [1.165, 1.54) is 17.1 Å². The first-order chi connectivity index (χ1) is 20.0. The largest absolute Gasteiger partial charge is 0.501 e. The van der Waals surface area contributed by atoms with Gasteiger partial charge in [0.05, 0.1) is 44.1 Å². The molecule has 0 saturated heterocycles. The SMILES string of the molecule is C=COCCSSC[C@H](NC(=O)[C@H](CC(=O)O)CC(=O)[C@H](CC(=O)O)NC(=O)Cc1ccc(CNC=O)cc1)C(=O)O. The number of ether oxygens (including phenoxy) is 1. The number of nitrogens with one attached hydrogen (secondary N) is 3. The molecular formula is C26H33N3O11S2. The fraction of sp³-hybridized carbons (Fsp3) is 0.423. The summed E-state index contributed by atoms with van der Waals surface area (Å²) in [5.41, 5.74) is 1.31. The lowest BCUT2D eigenvalue weighted by Gasteiger charge is -2.21. The van der Waals surface area contributed by atoms with Gasteiger partial charge in [0, 0.05) is 24.5 Å². The summed E-state index contributed by atoms with van der Waals surface area (Å²) in [5.74, 6) is -7.91. The van der Waals surface area contributed by atoms with Crippen LogP contribution in [0.3, 0.4) is 0 Å². The van der Waals surface area contributed by atoms with Gasteiger partial charge in [-0.3, -0.25) is 28.8 Å². The van der Waals surface area contributed by atoms with E-state index in [0.717, 1.165) is 16.4 Å². The Labute approximate surface area is 249 Å². The molecule has 14 nitrogen and oxygen atoms in total. The quantitative estimate of drug-likeness (QED) is 0.0423. The number of rotatable bonds is 23. The van der Waals surface area contributed by atoms with Crippen LogP contribution in [-0.2, 0) is 51.3 Å². The predicted molar refractivity (Wildman–Crippen MR) is 153 cm³/mol. The zero-order chi connectivity index (χ0) is 31.5. The second-order valence-electron chi connectivity index (χ2n) is 8.72. The fourth-order valence-electron chi connectivity index (χ4n) is 3.44. The van der Waals surface area contributed by atoms with Crippen LogP contribution in [0.5, 0.6) is 0 Å². The van der Waals surface area contributed by atoms with E-state index in [-0.39, 0.29) is 18.7 Å². The van der Waals surface area contributed by atoms with Crippen LogP contribution >= 0.6 is 21.6 Å². The number of ketones is 1. The molecule has 0 fully saturated rings. The highest BCUT2D eigenvalue weighted by Gasteiger charge is 2.32. The molecule has 3 amide bonds. The van der Waals surface area contributed by atoms with Crippen LogP contribution in [0, 0.1) is 5.92 Å². The molecule has 0 saturated carbocycles. The molecule has 6 N–H and O–H groups in total. The summed E-state index contributed by atoms with van der Waals surface area (Å²) in [4.78, 5) is 83.3. The number of carbonyl (C=O) groups excluding carboxylic acids is 4. The highest BCUT2D eigenvalue weighted by Crippen LogP contribution is 2.22. The summed E-state index contributed by atoms with van der Waals surface area (Å²) in [6, 6.07) is 3.63. The minimum Gasteiger partial charge on any atom is -0.501 e. The van der Waals surface area contributed by atoms with E-state index in [1.54, 1.807) is 24.3 Å². The van der Waals surface area contributed by atoms with Gasteiger partial charge in [-0.05, 0) is 11.1 Å². The van der Waals surface area contributed by atoms with Crippen LogP contribution in [0.4, 0.5) is 0 Å². The molecule has 42 heavy (non-hydrogen) atoms. The third kappa shape index (κ3) is 15.1. The molecule has 0 aliphatic carbocycles. The van der Waals surface area contributed by atoms with Crippen LogP contribution in [0.2, 0.25) is 0 Å². The monoisotopic (exact) mass is 627 g/mol. The maximum absolute atomic E-state index is 13.0. The highest BCUT2D eigenvalue weighted by atomic mass is 33.1. The second kappa shape index (κ2) is 19.9. The molecule has 0 aliphatic rings. The third-order valence-corrected chi connectivity index (χ3v) is 7.83. The van der Waals surface area contributed by atoms with Gasteiger partial charge in [0.25, 0.3) is 0 Å². The van der Waals surface area contributed by atoms with Crippen LogP contribution in [0.15, 0.2) is 37.1 Å². The Kier molecular flexibility index (Phi) is 17.1. The van der Waals surface area contributed by atoms with Crippen molar-refractivity contribution in [3.8, 4) is 0 Å². The lowest BCUT2D eigenvalue weighted by Crippen LogP contribution is -2.48. The van der Waals surface area contributed by atoms with Gasteiger partial charge in [-0.1, -0.05) is 52.4 Å². The first-order valence-electron chi connectivity index (χ1n) is 12.5. The molecule has 0 radical (unpaired) electrons. The van der Waals surface area contributed by atoms with Crippen molar-refractivity contribution in [3.63, 3.8) is 0 Å². The average molecular weight is 628 g/mol. The van der Waals surface area contributed by atoms with Crippen LogP contribution in [0.1, 0.15) is 30.4 Å². The van der Waals surface area contributed by atoms with E-state index in [9.17, 15) is 48.9 Å². The van der Waals surface area contributed by atoms with Crippen molar-refractivity contribution in [3.05, 3.63) is 48.2 Å². The molecule has 0 unspecified atom stereocenters. The lowest BCUT2D eigenvalue weighted by molar-refractivity contribution is -0.145. The molecule has 1 rings (SSSR count). The number of hydrogen-bond acceptors (Lipinski definition) is 10. The second-order valence-corrected chi connectivity index (χ2v) is 11.3.